The molecule has 0 aliphatic carbocycles. The van der Waals surface area contributed by atoms with Crippen LogP contribution in [0.4, 0.5) is 10.1 Å². The van der Waals surface area contributed by atoms with Crippen LogP contribution in [0.2, 0.25) is 0 Å². The van der Waals surface area contributed by atoms with Gasteiger partial charge in [-0.25, -0.2) is 4.39 Å². The molecule has 0 unspecified atom stereocenters. The van der Waals surface area contributed by atoms with E-state index in [-0.39, 0.29) is 12.2 Å². The van der Waals surface area contributed by atoms with Gasteiger partial charge in [0.1, 0.15) is 11.9 Å². The predicted octanol–water partition coefficient (Wildman–Crippen LogP) is 1.98. The Balaban J connectivity index is 2.92. The number of nitro benzene ring substituents is 1. The molecule has 92 valence electrons. The summed E-state index contributed by atoms with van der Waals surface area (Å²) in [6, 6.07) is 2.77. The maximum Gasteiger partial charge on any atom is 0.311 e. The molecule has 0 bridgehead atoms. The lowest BCUT2D eigenvalue weighted by molar-refractivity contribution is -0.386. The second-order valence-electron chi connectivity index (χ2n) is 3.40. The Hall–Kier alpha value is -2.18. The topological polar surface area (TPSA) is 89.7 Å². The van der Waals surface area contributed by atoms with Crippen LogP contribution >= 0.6 is 0 Å². The third-order valence-corrected chi connectivity index (χ3v) is 1.91. The van der Waals surface area contributed by atoms with Gasteiger partial charge in [-0.1, -0.05) is 0 Å². The van der Waals surface area contributed by atoms with Crippen molar-refractivity contribution in [3.8, 4) is 5.75 Å². The van der Waals surface area contributed by atoms with Crippen LogP contribution in [-0.2, 0) is 4.79 Å². The lowest BCUT2D eigenvalue weighted by atomic mass is 10.2. The van der Waals surface area contributed by atoms with Gasteiger partial charge in [0.25, 0.3) is 0 Å². The first-order valence-electron chi connectivity index (χ1n) is 4.72. The van der Waals surface area contributed by atoms with Crippen molar-refractivity contribution in [2.45, 2.75) is 19.4 Å². The van der Waals surface area contributed by atoms with Crippen molar-refractivity contribution in [1.82, 2.24) is 0 Å². The Morgan fingerprint density at radius 1 is 1.65 bits per heavy atom. The van der Waals surface area contributed by atoms with Gasteiger partial charge in [-0.05, 0) is 13.0 Å². The predicted molar refractivity (Wildman–Crippen MR) is 55.4 cm³/mol. The van der Waals surface area contributed by atoms with Crippen molar-refractivity contribution in [2.24, 2.45) is 0 Å². The zero-order valence-corrected chi connectivity index (χ0v) is 8.92. The largest absolute Gasteiger partial charge is 0.483 e. The Morgan fingerprint density at radius 3 is 2.82 bits per heavy atom. The van der Waals surface area contributed by atoms with Crippen LogP contribution in [-0.4, -0.2) is 22.1 Å². The van der Waals surface area contributed by atoms with Crippen LogP contribution in [0.5, 0.6) is 5.75 Å². The molecule has 0 spiro atoms. The molecule has 0 fully saturated rings. The van der Waals surface area contributed by atoms with E-state index in [2.05, 4.69) is 0 Å². The van der Waals surface area contributed by atoms with Gasteiger partial charge >= 0.3 is 11.7 Å². The van der Waals surface area contributed by atoms with Crippen molar-refractivity contribution < 1.29 is 24.0 Å². The Kier molecular flexibility index (Phi) is 3.97. The Bertz CT molecular complexity index is 448. The minimum atomic E-state index is -1.10. The number of ether oxygens (including phenoxy) is 1. The number of aliphatic carboxylic acids is 1. The smallest absolute Gasteiger partial charge is 0.311 e. The number of hydrogen-bond donors (Lipinski definition) is 1. The molecule has 0 aliphatic heterocycles. The number of rotatable bonds is 5. The van der Waals surface area contributed by atoms with Gasteiger partial charge < -0.3 is 9.84 Å². The normalized spacial score (nSPS) is 11.9. The van der Waals surface area contributed by atoms with Crippen LogP contribution in [0.3, 0.4) is 0 Å². The van der Waals surface area contributed by atoms with Crippen molar-refractivity contribution in [3.63, 3.8) is 0 Å². The summed E-state index contributed by atoms with van der Waals surface area (Å²) in [5, 5.41) is 19.1. The van der Waals surface area contributed by atoms with E-state index in [0.717, 1.165) is 18.2 Å². The molecule has 0 saturated carbocycles. The van der Waals surface area contributed by atoms with Crippen LogP contribution in [0.25, 0.3) is 0 Å². The van der Waals surface area contributed by atoms with E-state index >= 15 is 0 Å². The second kappa shape index (κ2) is 5.24. The highest BCUT2D eigenvalue weighted by Gasteiger charge is 2.19. The molecular formula is C10H10FNO5. The quantitative estimate of drug-likeness (QED) is 0.630. The van der Waals surface area contributed by atoms with Crippen molar-refractivity contribution in [3.05, 3.63) is 34.1 Å². The summed E-state index contributed by atoms with van der Waals surface area (Å²) in [6.07, 6.45) is -1.11. The van der Waals surface area contributed by atoms with E-state index in [4.69, 9.17) is 9.84 Å². The molecule has 1 aromatic rings. The van der Waals surface area contributed by atoms with E-state index < -0.39 is 28.5 Å². The summed E-state index contributed by atoms with van der Waals surface area (Å²) in [7, 11) is 0. The molecule has 0 aromatic heterocycles. The van der Waals surface area contributed by atoms with E-state index in [1.807, 2.05) is 0 Å². The van der Waals surface area contributed by atoms with Crippen molar-refractivity contribution >= 4 is 11.7 Å². The fraction of sp³-hybridized carbons (Fsp3) is 0.300. The summed E-state index contributed by atoms with van der Waals surface area (Å²) in [4.78, 5) is 20.3. The molecule has 0 aliphatic rings. The fourth-order valence-electron chi connectivity index (χ4n) is 1.24. The highest BCUT2D eigenvalue weighted by Crippen LogP contribution is 2.28. The number of hydrogen-bond acceptors (Lipinski definition) is 4. The minimum absolute atomic E-state index is 0.274. The van der Waals surface area contributed by atoms with Gasteiger partial charge in [0.05, 0.1) is 11.3 Å². The highest BCUT2D eigenvalue weighted by atomic mass is 19.1. The van der Waals surface area contributed by atoms with E-state index in [9.17, 15) is 19.3 Å². The molecule has 0 radical (unpaired) electrons. The molecule has 7 heteroatoms. The standard InChI is InChI=1S/C10H10FNO5/c1-6(4-10(13)14)17-9-5-7(11)2-3-8(9)12(15)16/h2-3,5-6H,4H2,1H3,(H,13,14)/t6-/m1/s1. The summed E-state index contributed by atoms with van der Waals surface area (Å²) < 4.78 is 17.9. The van der Waals surface area contributed by atoms with E-state index in [1.54, 1.807) is 0 Å². The second-order valence-corrected chi connectivity index (χ2v) is 3.40. The first kappa shape index (κ1) is 12.9. The summed E-state index contributed by atoms with van der Waals surface area (Å²) in [5.74, 6) is -2.06. The molecule has 0 saturated heterocycles. The van der Waals surface area contributed by atoms with Crippen LogP contribution in [0, 0.1) is 15.9 Å². The third-order valence-electron chi connectivity index (χ3n) is 1.91. The molecule has 1 atom stereocenters. The highest BCUT2D eigenvalue weighted by molar-refractivity contribution is 5.67. The number of benzene rings is 1. The van der Waals surface area contributed by atoms with Gasteiger partial charge in [0.2, 0.25) is 0 Å². The van der Waals surface area contributed by atoms with Gasteiger partial charge in [0, 0.05) is 12.1 Å². The van der Waals surface area contributed by atoms with Crippen molar-refractivity contribution in [1.29, 1.82) is 0 Å². The summed E-state index contributed by atoms with van der Waals surface area (Å²) in [6.45, 7) is 1.43. The van der Waals surface area contributed by atoms with E-state index in [1.165, 1.54) is 6.92 Å². The van der Waals surface area contributed by atoms with Gasteiger partial charge in [-0.15, -0.1) is 0 Å². The number of halogens is 1. The molecule has 1 N–H and O–H groups in total. The first-order valence-corrected chi connectivity index (χ1v) is 4.72. The van der Waals surface area contributed by atoms with Gasteiger partial charge in [-0.2, -0.15) is 0 Å². The maximum atomic E-state index is 12.9. The minimum Gasteiger partial charge on any atom is -0.483 e. The lowest BCUT2D eigenvalue weighted by Gasteiger charge is -2.12. The number of carbonyl (C=O) groups is 1. The fourth-order valence-corrected chi connectivity index (χ4v) is 1.24. The first-order chi connectivity index (χ1) is 7.90. The van der Waals surface area contributed by atoms with Crippen LogP contribution in [0.1, 0.15) is 13.3 Å². The maximum absolute atomic E-state index is 12.9. The number of carboxylic acids is 1. The van der Waals surface area contributed by atoms with Gasteiger partial charge in [0.15, 0.2) is 5.75 Å². The molecule has 1 aromatic carbocycles. The van der Waals surface area contributed by atoms with Crippen LogP contribution in [0.15, 0.2) is 18.2 Å². The number of nitrogens with zero attached hydrogens (tertiary/aromatic N) is 1. The van der Waals surface area contributed by atoms with Crippen LogP contribution < -0.4 is 4.74 Å². The van der Waals surface area contributed by atoms with E-state index in [0.29, 0.717) is 0 Å². The number of nitro groups is 1. The summed E-state index contributed by atoms with van der Waals surface area (Å²) in [5.41, 5.74) is -0.399. The molecular weight excluding hydrogens is 233 g/mol. The molecule has 17 heavy (non-hydrogen) atoms. The average molecular weight is 243 g/mol. The van der Waals surface area contributed by atoms with Gasteiger partial charge in [-0.3, -0.25) is 14.9 Å². The Labute approximate surface area is 95.8 Å². The molecule has 0 amide bonds. The lowest BCUT2D eigenvalue weighted by Crippen LogP contribution is -2.17. The monoisotopic (exact) mass is 243 g/mol. The van der Waals surface area contributed by atoms with Crippen molar-refractivity contribution in [2.75, 3.05) is 0 Å². The molecule has 0 heterocycles. The molecule has 1 rings (SSSR count). The third kappa shape index (κ3) is 3.71. The zero-order valence-electron chi connectivity index (χ0n) is 8.92. The average Bonchev–Trinajstić information content (AvgIpc) is 2.15. The number of carboxylic acid groups (broad SMARTS) is 1. The summed E-state index contributed by atoms with van der Waals surface area (Å²) >= 11 is 0. The zero-order chi connectivity index (χ0) is 13.0. The molecule has 6 nitrogen and oxygen atoms in total. The SMILES string of the molecule is C[C@H](CC(=O)O)Oc1cc(F)ccc1[N+](=O)[O-]. The Morgan fingerprint density at radius 2 is 2.29 bits per heavy atom.